The van der Waals surface area contributed by atoms with E-state index in [1.807, 2.05) is 20.8 Å². The van der Waals surface area contributed by atoms with Crippen LogP contribution in [-0.4, -0.2) is 55.5 Å². The number of imidazole rings is 1. The SMILES string of the molecule is CCc1nc(C(=O)NC[C@]2(O)CC[C@@H](C)C[C@H]2O)c(Cl)n1-c1ncc(CC(C)C)cc1OC(F)F. The summed E-state index contributed by atoms with van der Waals surface area (Å²) in [5.74, 6) is 0.0573. The zero-order valence-electron chi connectivity index (χ0n) is 20.4. The number of nitrogens with zero attached hydrogens (tertiary/aromatic N) is 3. The van der Waals surface area contributed by atoms with Crippen molar-refractivity contribution in [3.8, 4) is 11.6 Å². The summed E-state index contributed by atoms with van der Waals surface area (Å²) in [4.78, 5) is 21.6. The second-order valence-corrected chi connectivity index (χ2v) is 10.0. The van der Waals surface area contributed by atoms with Gasteiger partial charge in [-0.1, -0.05) is 39.3 Å². The van der Waals surface area contributed by atoms with E-state index < -0.39 is 24.2 Å². The van der Waals surface area contributed by atoms with Crippen molar-refractivity contribution < 1.29 is 28.5 Å². The monoisotopic (exact) mass is 514 g/mol. The van der Waals surface area contributed by atoms with Gasteiger partial charge >= 0.3 is 6.61 Å². The van der Waals surface area contributed by atoms with Crippen LogP contribution < -0.4 is 10.1 Å². The highest BCUT2D eigenvalue weighted by atomic mass is 35.5. The van der Waals surface area contributed by atoms with Crippen molar-refractivity contribution in [1.82, 2.24) is 19.9 Å². The molecule has 0 unspecified atom stereocenters. The molecule has 8 nitrogen and oxygen atoms in total. The summed E-state index contributed by atoms with van der Waals surface area (Å²) in [7, 11) is 0. The molecule has 11 heteroatoms. The molecule has 2 heterocycles. The summed E-state index contributed by atoms with van der Waals surface area (Å²) < 4.78 is 32.4. The first-order chi connectivity index (χ1) is 16.4. The van der Waals surface area contributed by atoms with Gasteiger partial charge in [-0.15, -0.1) is 0 Å². The fraction of sp³-hybridized carbons (Fsp3) is 0.625. The van der Waals surface area contributed by atoms with Crippen LogP contribution >= 0.6 is 11.6 Å². The first kappa shape index (κ1) is 27.3. The Morgan fingerprint density at radius 2 is 2.14 bits per heavy atom. The van der Waals surface area contributed by atoms with Crippen molar-refractivity contribution in [2.24, 2.45) is 11.8 Å². The lowest BCUT2D eigenvalue weighted by Crippen LogP contribution is -2.54. The highest BCUT2D eigenvalue weighted by Gasteiger charge is 2.40. The van der Waals surface area contributed by atoms with Crippen LogP contribution in [0.5, 0.6) is 5.75 Å². The third-order valence-electron chi connectivity index (χ3n) is 6.25. The third-order valence-corrected chi connectivity index (χ3v) is 6.60. The molecule has 1 amide bonds. The minimum Gasteiger partial charge on any atom is -0.431 e. The van der Waals surface area contributed by atoms with E-state index in [4.69, 9.17) is 16.3 Å². The molecule has 2 aromatic heterocycles. The van der Waals surface area contributed by atoms with Crippen molar-refractivity contribution in [3.05, 3.63) is 34.5 Å². The summed E-state index contributed by atoms with van der Waals surface area (Å²) in [6.07, 6.45) is 3.05. The summed E-state index contributed by atoms with van der Waals surface area (Å²) in [5, 5.41) is 23.6. The second kappa shape index (κ2) is 11.2. The number of aliphatic hydroxyl groups excluding tert-OH is 1. The zero-order valence-corrected chi connectivity index (χ0v) is 21.1. The van der Waals surface area contributed by atoms with Gasteiger partial charge < -0.3 is 20.3 Å². The van der Waals surface area contributed by atoms with Gasteiger partial charge in [0.25, 0.3) is 5.91 Å². The van der Waals surface area contributed by atoms with Crippen LogP contribution in [0.25, 0.3) is 5.82 Å². The molecule has 3 N–H and O–H groups in total. The number of aryl methyl sites for hydroxylation is 1. The van der Waals surface area contributed by atoms with Gasteiger partial charge in [-0.25, -0.2) is 9.97 Å². The van der Waals surface area contributed by atoms with Gasteiger partial charge in [-0.05, 0) is 49.1 Å². The number of aromatic nitrogens is 3. The Bertz CT molecular complexity index is 1050. The molecule has 1 aliphatic rings. The molecule has 35 heavy (non-hydrogen) atoms. The van der Waals surface area contributed by atoms with E-state index in [0.29, 0.717) is 31.5 Å². The summed E-state index contributed by atoms with van der Waals surface area (Å²) >= 11 is 6.52. The number of halogens is 3. The Balaban J connectivity index is 1.91. The third kappa shape index (κ3) is 6.29. The largest absolute Gasteiger partial charge is 0.431 e. The molecule has 0 saturated heterocycles. The minimum absolute atomic E-state index is 0.00141. The lowest BCUT2D eigenvalue weighted by Gasteiger charge is -2.39. The number of hydrogen-bond donors (Lipinski definition) is 3. The highest BCUT2D eigenvalue weighted by Crippen LogP contribution is 2.33. The maximum Gasteiger partial charge on any atom is 0.387 e. The van der Waals surface area contributed by atoms with Gasteiger partial charge in [0, 0.05) is 19.2 Å². The van der Waals surface area contributed by atoms with Crippen molar-refractivity contribution >= 4 is 17.5 Å². The maximum atomic E-state index is 13.2. The van der Waals surface area contributed by atoms with Gasteiger partial charge in [0.2, 0.25) is 0 Å². The van der Waals surface area contributed by atoms with Crippen molar-refractivity contribution in [3.63, 3.8) is 0 Å². The molecular weight excluding hydrogens is 482 g/mol. The van der Waals surface area contributed by atoms with Gasteiger partial charge in [-0.2, -0.15) is 8.78 Å². The molecule has 0 aliphatic heterocycles. The Labute approximate surface area is 208 Å². The van der Waals surface area contributed by atoms with E-state index in [9.17, 15) is 23.8 Å². The molecule has 1 saturated carbocycles. The standard InChI is InChI=1S/C24H33ClF2N4O4/c1-5-18-30-19(22(33)29-12-24(34)7-6-14(4)9-17(24)32)20(25)31(18)21-16(35-23(26)27)10-15(11-28-21)8-13(2)3/h10-11,13-14,17,23,32,34H,5-9,12H2,1-4H3,(H,29,33)/t14-,17-,24-/m1/s1. The smallest absolute Gasteiger partial charge is 0.387 e. The number of ether oxygens (including phenoxy) is 1. The molecule has 1 fully saturated rings. The van der Waals surface area contributed by atoms with Crippen LogP contribution in [0, 0.1) is 11.8 Å². The van der Waals surface area contributed by atoms with Crippen LogP contribution in [0.1, 0.15) is 68.8 Å². The van der Waals surface area contributed by atoms with Crippen LogP contribution in [0.15, 0.2) is 12.3 Å². The number of alkyl halides is 2. The fourth-order valence-electron chi connectivity index (χ4n) is 4.36. The quantitative estimate of drug-likeness (QED) is 0.468. The van der Waals surface area contributed by atoms with Crippen LogP contribution in [-0.2, 0) is 12.8 Å². The number of amides is 1. The Hall–Kier alpha value is -2.30. The van der Waals surface area contributed by atoms with E-state index in [1.54, 1.807) is 13.1 Å². The number of aliphatic hydroxyl groups is 2. The molecule has 0 bridgehead atoms. The van der Waals surface area contributed by atoms with Crippen molar-refractivity contribution in [1.29, 1.82) is 0 Å². The Morgan fingerprint density at radius 3 is 2.74 bits per heavy atom. The number of rotatable bonds is 9. The molecule has 0 spiro atoms. The zero-order chi connectivity index (χ0) is 25.9. The topological polar surface area (TPSA) is 110 Å². The van der Waals surface area contributed by atoms with Gasteiger partial charge in [0.15, 0.2) is 17.3 Å². The highest BCUT2D eigenvalue weighted by molar-refractivity contribution is 6.32. The predicted molar refractivity (Wildman–Crippen MR) is 127 cm³/mol. The second-order valence-electron chi connectivity index (χ2n) is 9.68. The van der Waals surface area contributed by atoms with Crippen molar-refractivity contribution in [2.75, 3.05) is 6.54 Å². The average molecular weight is 515 g/mol. The molecule has 3 rings (SSSR count). The van der Waals surface area contributed by atoms with Crippen LogP contribution in [0.4, 0.5) is 8.78 Å². The molecule has 194 valence electrons. The van der Waals surface area contributed by atoms with Crippen molar-refractivity contribution in [2.45, 2.75) is 78.1 Å². The van der Waals surface area contributed by atoms with Crippen LogP contribution in [0.3, 0.4) is 0 Å². The van der Waals surface area contributed by atoms with E-state index in [1.165, 1.54) is 10.6 Å². The number of carbonyl (C=O) groups excluding carboxylic acids is 1. The molecule has 0 aromatic carbocycles. The summed E-state index contributed by atoms with van der Waals surface area (Å²) in [6.45, 7) is 4.52. The molecule has 3 atom stereocenters. The summed E-state index contributed by atoms with van der Waals surface area (Å²) in [6, 6.07) is 1.49. The lowest BCUT2D eigenvalue weighted by atomic mass is 9.77. The average Bonchev–Trinajstić information content (AvgIpc) is 3.11. The maximum absolute atomic E-state index is 13.2. The molecule has 2 aromatic rings. The minimum atomic E-state index is -3.08. The van der Waals surface area contributed by atoms with E-state index in [-0.39, 0.29) is 40.8 Å². The van der Waals surface area contributed by atoms with E-state index in [0.717, 1.165) is 12.0 Å². The predicted octanol–water partition coefficient (Wildman–Crippen LogP) is 3.92. The number of hydrogen-bond acceptors (Lipinski definition) is 6. The summed E-state index contributed by atoms with van der Waals surface area (Å²) in [5.41, 5.74) is -0.862. The van der Waals surface area contributed by atoms with E-state index >= 15 is 0 Å². The van der Waals surface area contributed by atoms with Gasteiger partial charge in [0.1, 0.15) is 16.6 Å². The first-order valence-corrected chi connectivity index (χ1v) is 12.2. The number of nitrogens with one attached hydrogen (secondary N) is 1. The fourth-order valence-corrected chi connectivity index (χ4v) is 4.66. The number of pyridine rings is 1. The Kier molecular flexibility index (Phi) is 8.72. The van der Waals surface area contributed by atoms with Gasteiger partial charge in [0.05, 0.1) is 6.10 Å². The normalized spacial score (nSPS) is 22.6. The lowest BCUT2D eigenvalue weighted by molar-refractivity contribution is -0.106. The molecule has 0 radical (unpaired) electrons. The Morgan fingerprint density at radius 1 is 1.43 bits per heavy atom. The first-order valence-electron chi connectivity index (χ1n) is 11.8. The van der Waals surface area contributed by atoms with E-state index in [2.05, 4.69) is 15.3 Å². The molecular formula is C24H33ClF2N4O4. The van der Waals surface area contributed by atoms with Crippen LogP contribution in [0.2, 0.25) is 5.15 Å². The van der Waals surface area contributed by atoms with Gasteiger partial charge in [-0.3, -0.25) is 9.36 Å². The number of carbonyl (C=O) groups is 1. The molecule has 1 aliphatic carbocycles.